The van der Waals surface area contributed by atoms with Gasteiger partial charge in [-0.15, -0.1) is 0 Å². The molecule has 0 bridgehead atoms. The molecular weight excluding hydrogens is 248 g/mol. The van der Waals surface area contributed by atoms with E-state index in [4.69, 9.17) is 0 Å². The summed E-state index contributed by atoms with van der Waals surface area (Å²) in [5.74, 6) is 0. The number of rotatable bonds is 1. The molecule has 4 nitrogen and oxygen atoms in total. The molecule has 1 heterocycles. The van der Waals surface area contributed by atoms with Crippen molar-refractivity contribution in [1.29, 1.82) is 0 Å². The van der Waals surface area contributed by atoms with Crippen molar-refractivity contribution in [1.82, 2.24) is 5.32 Å². The van der Waals surface area contributed by atoms with Crippen LogP contribution in [0.5, 0.6) is 0 Å². The first-order valence-electron chi connectivity index (χ1n) is 4.35. The van der Waals surface area contributed by atoms with E-state index in [1.54, 1.807) is 12.1 Å². The number of hydrogen-bond acceptors (Lipinski definition) is 3. The smallest absolute Gasteiger partial charge is 0.273 e. The van der Waals surface area contributed by atoms with Gasteiger partial charge in [0, 0.05) is 22.6 Å². The van der Waals surface area contributed by atoms with Crippen molar-refractivity contribution in [3.8, 4) is 0 Å². The third-order valence-electron chi connectivity index (χ3n) is 2.40. The fourth-order valence-electron chi connectivity index (χ4n) is 1.72. The Balaban J connectivity index is 2.59. The predicted octanol–water partition coefficient (Wildman–Crippen LogP) is 2.00. The lowest BCUT2D eigenvalue weighted by Gasteiger charge is -2.17. The minimum absolute atomic E-state index is 0.240. The van der Waals surface area contributed by atoms with E-state index in [0.29, 0.717) is 6.54 Å². The number of hydrogen-bond donors (Lipinski definition) is 1. The maximum Gasteiger partial charge on any atom is 0.273 e. The van der Waals surface area contributed by atoms with Crippen LogP contribution >= 0.6 is 15.9 Å². The Morgan fingerprint density at radius 2 is 2.21 bits per heavy atom. The molecule has 1 aromatic carbocycles. The SMILES string of the molecule is O=[N+]([O-])c1ccc(Br)c2c1CCNC2. The zero-order chi connectivity index (χ0) is 10.1. The molecule has 0 fully saturated rings. The summed E-state index contributed by atoms with van der Waals surface area (Å²) in [7, 11) is 0. The molecule has 0 aromatic heterocycles. The highest BCUT2D eigenvalue weighted by Gasteiger charge is 2.21. The third kappa shape index (κ3) is 1.53. The van der Waals surface area contributed by atoms with E-state index in [2.05, 4.69) is 21.2 Å². The van der Waals surface area contributed by atoms with E-state index in [0.717, 1.165) is 28.6 Å². The van der Waals surface area contributed by atoms with Gasteiger partial charge in [-0.1, -0.05) is 15.9 Å². The van der Waals surface area contributed by atoms with Gasteiger partial charge in [0.15, 0.2) is 0 Å². The molecule has 2 rings (SSSR count). The van der Waals surface area contributed by atoms with E-state index >= 15 is 0 Å². The van der Waals surface area contributed by atoms with Crippen molar-refractivity contribution in [2.75, 3.05) is 6.54 Å². The fourth-order valence-corrected chi connectivity index (χ4v) is 2.23. The predicted molar refractivity (Wildman–Crippen MR) is 56.2 cm³/mol. The Morgan fingerprint density at radius 1 is 1.43 bits per heavy atom. The van der Waals surface area contributed by atoms with E-state index < -0.39 is 0 Å². The average molecular weight is 257 g/mol. The molecule has 74 valence electrons. The average Bonchev–Trinajstić information content (AvgIpc) is 2.18. The third-order valence-corrected chi connectivity index (χ3v) is 3.14. The molecule has 0 radical (unpaired) electrons. The highest BCUT2D eigenvalue weighted by molar-refractivity contribution is 9.10. The summed E-state index contributed by atoms with van der Waals surface area (Å²) < 4.78 is 0.949. The molecule has 1 aliphatic rings. The second kappa shape index (κ2) is 3.67. The van der Waals surface area contributed by atoms with Crippen LogP contribution in [-0.4, -0.2) is 11.5 Å². The zero-order valence-electron chi connectivity index (χ0n) is 7.42. The molecule has 0 unspecified atom stereocenters. The molecule has 0 atom stereocenters. The van der Waals surface area contributed by atoms with E-state index in [1.807, 2.05) is 0 Å². The molecule has 0 spiro atoms. The Morgan fingerprint density at radius 3 is 2.93 bits per heavy atom. The topological polar surface area (TPSA) is 55.2 Å². The maximum atomic E-state index is 10.8. The molecule has 0 saturated carbocycles. The molecule has 14 heavy (non-hydrogen) atoms. The van der Waals surface area contributed by atoms with Crippen molar-refractivity contribution in [2.24, 2.45) is 0 Å². The lowest BCUT2D eigenvalue weighted by molar-refractivity contribution is -0.385. The summed E-state index contributed by atoms with van der Waals surface area (Å²) >= 11 is 3.40. The monoisotopic (exact) mass is 256 g/mol. The van der Waals surface area contributed by atoms with Gasteiger partial charge in [0.1, 0.15) is 0 Å². The molecule has 0 amide bonds. The van der Waals surface area contributed by atoms with Crippen LogP contribution in [-0.2, 0) is 13.0 Å². The van der Waals surface area contributed by atoms with Crippen molar-refractivity contribution in [3.05, 3.63) is 37.8 Å². The van der Waals surface area contributed by atoms with Crippen LogP contribution in [0.2, 0.25) is 0 Å². The summed E-state index contributed by atoms with van der Waals surface area (Å²) in [6.07, 6.45) is 0.727. The minimum atomic E-state index is -0.309. The number of nitrogens with zero attached hydrogens (tertiary/aromatic N) is 1. The Bertz CT molecular complexity index is 393. The molecule has 1 N–H and O–H groups in total. The van der Waals surface area contributed by atoms with E-state index in [1.165, 1.54) is 0 Å². The van der Waals surface area contributed by atoms with Gasteiger partial charge < -0.3 is 5.32 Å². The quantitative estimate of drug-likeness (QED) is 0.618. The summed E-state index contributed by atoms with van der Waals surface area (Å²) in [5, 5.41) is 13.9. The second-order valence-corrected chi connectivity index (χ2v) is 4.06. The molecular formula is C9H9BrN2O2. The van der Waals surface area contributed by atoms with Gasteiger partial charge in [0.05, 0.1) is 4.92 Å². The van der Waals surface area contributed by atoms with Crippen LogP contribution < -0.4 is 5.32 Å². The van der Waals surface area contributed by atoms with E-state index in [-0.39, 0.29) is 10.6 Å². The van der Waals surface area contributed by atoms with Crippen molar-refractivity contribution in [2.45, 2.75) is 13.0 Å². The first-order chi connectivity index (χ1) is 6.70. The number of benzene rings is 1. The lowest BCUT2D eigenvalue weighted by atomic mass is 9.99. The van der Waals surface area contributed by atoms with Crippen molar-refractivity contribution in [3.63, 3.8) is 0 Å². The number of fused-ring (bicyclic) bond motifs is 1. The first kappa shape index (κ1) is 9.61. The van der Waals surface area contributed by atoms with Gasteiger partial charge in [-0.05, 0) is 24.6 Å². The van der Waals surface area contributed by atoms with Gasteiger partial charge in [0.2, 0.25) is 0 Å². The standard InChI is InChI=1S/C9H9BrN2O2/c10-8-1-2-9(12(13)14)6-3-4-11-5-7(6)8/h1-2,11H,3-5H2. The molecule has 1 aromatic rings. The number of nitrogens with one attached hydrogen (secondary N) is 1. The van der Waals surface area contributed by atoms with Crippen LogP contribution in [0, 0.1) is 10.1 Å². The van der Waals surface area contributed by atoms with Gasteiger partial charge in [-0.2, -0.15) is 0 Å². The van der Waals surface area contributed by atoms with Crippen LogP contribution in [0.3, 0.4) is 0 Å². The van der Waals surface area contributed by atoms with Gasteiger partial charge >= 0.3 is 0 Å². The Hall–Kier alpha value is -0.940. The van der Waals surface area contributed by atoms with Gasteiger partial charge in [-0.3, -0.25) is 10.1 Å². The number of nitro groups is 1. The highest BCUT2D eigenvalue weighted by Crippen LogP contribution is 2.30. The van der Waals surface area contributed by atoms with Crippen molar-refractivity contribution >= 4 is 21.6 Å². The first-order valence-corrected chi connectivity index (χ1v) is 5.15. The zero-order valence-corrected chi connectivity index (χ0v) is 9.00. The highest BCUT2D eigenvalue weighted by atomic mass is 79.9. The Labute approximate surface area is 89.6 Å². The van der Waals surface area contributed by atoms with Crippen LogP contribution in [0.15, 0.2) is 16.6 Å². The minimum Gasteiger partial charge on any atom is -0.312 e. The summed E-state index contributed by atoms with van der Waals surface area (Å²) in [6.45, 7) is 1.52. The summed E-state index contributed by atoms with van der Waals surface area (Å²) in [6, 6.07) is 3.30. The lowest BCUT2D eigenvalue weighted by Crippen LogP contribution is -2.24. The van der Waals surface area contributed by atoms with E-state index in [9.17, 15) is 10.1 Å². The maximum absolute atomic E-state index is 10.8. The second-order valence-electron chi connectivity index (χ2n) is 3.21. The van der Waals surface area contributed by atoms with Gasteiger partial charge in [0.25, 0.3) is 5.69 Å². The van der Waals surface area contributed by atoms with Crippen LogP contribution in [0.25, 0.3) is 0 Å². The van der Waals surface area contributed by atoms with Gasteiger partial charge in [-0.25, -0.2) is 0 Å². The number of nitro benzene ring substituents is 1. The summed E-state index contributed by atoms with van der Waals surface area (Å²) in [4.78, 5) is 10.4. The fraction of sp³-hybridized carbons (Fsp3) is 0.333. The van der Waals surface area contributed by atoms with Crippen molar-refractivity contribution < 1.29 is 4.92 Å². The molecule has 1 aliphatic heterocycles. The molecule has 0 aliphatic carbocycles. The van der Waals surface area contributed by atoms with Crippen LogP contribution in [0.4, 0.5) is 5.69 Å². The summed E-state index contributed by atoms with van der Waals surface area (Å²) in [5.41, 5.74) is 2.12. The molecule has 0 saturated heterocycles. The largest absolute Gasteiger partial charge is 0.312 e. The number of halogens is 1. The Kier molecular flexibility index (Phi) is 2.52. The van der Waals surface area contributed by atoms with Crippen LogP contribution in [0.1, 0.15) is 11.1 Å². The normalized spacial score (nSPS) is 14.9. The molecule has 5 heteroatoms.